The van der Waals surface area contributed by atoms with Crippen molar-refractivity contribution in [1.29, 1.82) is 0 Å². The number of H-pyrrole nitrogens is 1. The quantitative estimate of drug-likeness (QED) is 0.579. The van der Waals surface area contributed by atoms with E-state index < -0.39 is 0 Å². The van der Waals surface area contributed by atoms with Gasteiger partial charge in [0.15, 0.2) is 0 Å². The molecule has 2 N–H and O–H groups in total. The van der Waals surface area contributed by atoms with Gasteiger partial charge in [0.1, 0.15) is 5.75 Å². The minimum atomic E-state index is -0.228. The van der Waals surface area contributed by atoms with Crippen LogP contribution >= 0.6 is 0 Å². The van der Waals surface area contributed by atoms with E-state index in [1.165, 1.54) is 5.56 Å². The molecule has 1 heterocycles. The lowest BCUT2D eigenvalue weighted by atomic mass is 10.1. The van der Waals surface area contributed by atoms with Gasteiger partial charge in [-0.25, -0.2) is 0 Å². The van der Waals surface area contributed by atoms with Crippen molar-refractivity contribution < 1.29 is 14.3 Å². The van der Waals surface area contributed by atoms with E-state index in [0.717, 1.165) is 36.0 Å². The molecule has 0 unspecified atom stereocenters. The molecule has 0 spiro atoms. The highest BCUT2D eigenvalue weighted by Crippen LogP contribution is 2.29. The molecule has 0 radical (unpaired) electrons. The monoisotopic (exact) mass is 290 g/mol. The highest BCUT2D eigenvalue weighted by molar-refractivity contribution is 5.89. The fraction of sp³-hybridized carbons (Fsp3) is 0.438. The summed E-state index contributed by atoms with van der Waals surface area (Å²) in [6, 6.07) is 5.82. The number of carbonyl (C=O) groups excluding carboxylic acids is 1. The van der Waals surface area contributed by atoms with E-state index in [-0.39, 0.29) is 12.8 Å². The Morgan fingerprint density at radius 1 is 1.38 bits per heavy atom. The molecule has 1 aromatic heterocycles. The molecular formula is C16H22N2O3. The molecule has 0 saturated heterocycles. The lowest BCUT2D eigenvalue weighted by molar-refractivity contribution is -0.150. The standard InChI is InChI=1S/C16H22N2O3/c1-3-5-15(19)21-11-20-14-7-4-6-13-16(14)12(10-18-13)8-9-17-2/h4,6-7,10,17-18H,3,5,8-9,11H2,1-2H3. The summed E-state index contributed by atoms with van der Waals surface area (Å²) in [6.07, 6.45) is 4.11. The number of ether oxygens (including phenoxy) is 2. The van der Waals surface area contributed by atoms with Crippen LogP contribution in [-0.2, 0) is 16.0 Å². The van der Waals surface area contributed by atoms with Gasteiger partial charge >= 0.3 is 5.97 Å². The van der Waals surface area contributed by atoms with Crippen molar-refractivity contribution in [3.05, 3.63) is 30.0 Å². The summed E-state index contributed by atoms with van der Waals surface area (Å²) in [4.78, 5) is 14.6. The lowest BCUT2D eigenvalue weighted by Gasteiger charge is -2.09. The highest BCUT2D eigenvalue weighted by Gasteiger charge is 2.10. The Kier molecular flexibility index (Phi) is 5.63. The van der Waals surface area contributed by atoms with Crippen LogP contribution in [0.3, 0.4) is 0 Å². The molecule has 0 saturated carbocycles. The number of hydrogen-bond donors (Lipinski definition) is 2. The van der Waals surface area contributed by atoms with Crippen molar-refractivity contribution in [3.63, 3.8) is 0 Å². The van der Waals surface area contributed by atoms with Gasteiger partial charge in [-0.05, 0) is 44.1 Å². The maximum atomic E-state index is 11.3. The molecule has 0 fully saturated rings. The van der Waals surface area contributed by atoms with Gasteiger partial charge in [-0.1, -0.05) is 13.0 Å². The largest absolute Gasteiger partial charge is 0.457 e. The van der Waals surface area contributed by atoms with Crippen LogP contribution in [0.2, 0.25) is 0 Å². The number of likely N-dealkylation sites (N-methyl/N-ethyl adjacent to an activating group) is 1. The number of fused-ring (bicyclic) bond motifs is 1. The summed E-state index contributed by atoms with van der Waals surface area (Å²) >= 11 is 0. The first kappa shape index (κ1) is 15.4. The average Bonchev–Trinajstić information content (AvgIpc) is 2.89. The maximum Gasteiger partial charge on any atom is 0.308 e. The molecule has 0 aliphatic rings. The second-order valence-electron chi connectivity index (χ2n) is 4.87. The number of benzene rings is 1. The van der Waals surface area contributed by atoms with Crippen LogP contribution in [0.15, 0.2) is 24.4 Å². The topological polar surface area (TPSA) is 63.4 Å². The first-order chi connectivity index (χ1) is 10.3. The van der Waals surface area contributed by atoms with E-state index in [1.807, 2.05) is 38.4 Å². The molecule has 0 bridgehead atoms. The summed E-state index contributed by atoms with van der Waals surface area (Å²) in [6.45, 7) is 2.79. The Morgan fingerprint density at radius 2 is 2.24 bits per heavy atom. The molecule has 0 atom stereocenters. The first-order valence-electron chi connectivity index (χ1n) is 7.28. The highest BCUT2D eigenvalue weighted by atomic mass is 16.7. The number of esters is 1. The van der Waals surface area contributed by atoms with E-state index in [9.17, 15) is 4.79 Å². The fourth-order valence-electron chi connectivity index (χ4n) is 2.23. The summed E-state index contributed by atoms with van der Waals surface area (Å²) in [5, 5.41) is 4.19. The molecule has 0 aliphatic heterocycles. The third-order valence-electron chi connectivity index (χ3n) is 3.28. The number of nitrogens with one attached hydrogen (secondary N) is 2. The van der Waals surface area contributed by atoms with E-state index in [2.05, 4.69) is 10.3 Å². The second kappa shape index (κ2) is 7.69. The third-order valence-corrected chi connectivity index (χ3v) is 3.28. The van der Waals surface area contributed by atoms with Gasteiger partial charge in [0, 0.05) is 23.5 Å². The summed E-state index contributed by atoms with van der Waals surface area (Å²) in [5.41, 5.74) is 2.22. The minimum Gasteiger partial charge on any atom is -0.457 e. The molecule has 114 valence electrons. The minimum absolute atomic E-state index is 0.0470. The number of rotatable bonds is 8. The Bertz CT molecular complexity index is 592. The normalized spacial score (nSPS) is 10.8. The Hall–Kier alpha value is -2.01. The molecule has 2 aromatic rings. The van der Waals surface area contributed by atoms with Crippen LogP contribution in [0.5, 0.6) is 5.75 Å². The van der Waals surface area contributed by atoms with Gasteiger partial charge in [-0.15, -0.1) is 0 Å². The predicted molar refractivity (Wildman–Crippen MR) is 82.4 cm³/mol. The van der Waals surface area contributed by atoms with Gasteiger partial charge in [-0.2, -0.15) is 0 Å². The van der Waals surface area contributed by atoms with Crippen molar-refractivity contribution in [2.45, 2.75) is 26.2 Å². The van der Waals surface area contributed by atoms with Crippen LogP contribution in [0, 0.1) is 0 Å². The van der Waals surface area contributed by atoms with E-state index in [4.69, 9.17) is 9.47 Å². The molecule has 2 rings (SSSR count). The zero-order chi connectivity index (χ0) is 15.1. The van der Waals surface area contributed by atoms with Crippen LogP contribution in [0.25, 0.3) is 10.9 Å². The SMILES string of the molecule is CCCC(=O)OCOc1cccc2[nH]cc(CCNC)c12. The average molecular weight is 290 g/mol. The first-order valence-corrected chi connectivity index (χ1v) is 7.28. The van der Waals surface area contributed by atoms with Crippen LogP contribution < -0.4 is 10.1 Å². The van der Waals surface area contributed by atoms with Gasteiger partial charge < -0.3 is 19.8 Å². The molecular weight excluding hydrogens is 268 g/mol. The van der Waals surface area contributed by atoms with Crippen LogP contribution in [-0.4, -0.2) is 31.3 Å². The Morgan fingerprint density at radius 3 is 3.00 bits per heavy atom. The second-order valence-corrected chi connectivity index (χ2v) is 4.87. The summed E-state index contributed by atoms with van der Waals surface area (Å²) in [5.74, 6) is 0.512. The van der Waals surface area contributed by atoms with Crippen molar-refractivity contribution in [3.8, 4) is 5.75 Å². The number of aromatic amines is 1. The van der Waals surface area contributed by atoms with Crippen molar-refractivity contribution in [2.75, 3.05) is 20.4 Å². The number of carbonyl (C=O) groups is 1. The van der Waals surface area contributed by atoms with Crippen molar-refractivity contribution in [2.24, 2.45) is 0 Å². The Balaban J connectivity index is 2.08. The van der Waals surface area contributed by atoms with Gasteiger partial charge in [0.05, 0.1) is 0 Å². The summed E-state index contributed by atoms with van der Waals surface area (Å²) < 4.78 is 10.7. The van der Waals surface area contributed by atoms with Gasteiger partial charge in [-0.3, -0.25) is 4.79 Å². The lowest BCUT2D eigenvalue weighted by Crippen LogP contribution is -2.11. The van der Waals surface area contributed by atoms with E-state index in [1.54, 1.807) is 0 Å². The number of hydrogen-bond acceptors (Lipinski definition) is 4. The predicted octanol–water partition coefficient (Wildman–Crippen LogP) is 2.61. The van der Waals surface area contributed by atoms with Crippen molar-refractivity contribution in [1.82, 2.24) is 10.3 Å². The fourth-order valence-corrected chi connectivity index (χ4v) is 2.23. The molecule has 0 aliphatic carbocycles. The summed E-state index contributed by atoms with van der Waals surface area (Å²) in [7, 11) is 1.93. The zero-order valence-corrected chi connectivity index (χ0v) is 12.6. The molecule has 5 heteroatoms. The van der Waals surface area contributed by atoms with E-state index >= 15 is 0 Å². The van der Waals surface area contributed by atoms with Crippen molar-refractivity contribution >= 4 is 16.9 Å². The van der Waals surface area contributed by atoms with Crippen LogP contribution in [0.4, 0.5) is 0 Å². The Labute approximate surface area is 124 Å². The molecule has 21 heavy (non-hydrogen) atoms. The van der Waals surface area contributed by atoms with Gasteiger partial charge in [0.2, 0.25) is 6.79 Å². The molecule has 5 nitrogen and oxygen atoms in total. The van der Waals surface area contributed by atoms with Crippen LogP contribution in [0.1, 0.15) is 25.3 Å². The van der Waals surface area contributed by atoms with E-state index in [0.29, 0.717) is 6.42 Å². The molecule has 0 amide bonds. The third kappa shape index (κ3) is 3.98. The smallest absolute Gasteiger partial charge is 0.308 e. The zero-order valence-electron chi connectivity index (χ0n) is 12.6. The van der Waals surface area contributed by atoms with Gasteiger partial charge in [0.25, 0.3) is 0 Å². The number of aromatic nitrogens is 1. The molecule has 1 aromatic carbocycles. The maximum absolute atomic E-state index is 11.3.